The average molecular weight is 398 g/mol. The van der Waals surface area contributed by atoms with Gasteiger partial charge in [-0.15, -0.1) is 0 Å². The summed E-state index contributed by atoms with van der Waals surface area (Å²) in [4.78, 5) is 20.9. The lowest BCUT2D eigenvalue weighted by Crippen LogP contribution is -2.42. The van der Waals surface area contributed by atoms with Gasteiger partial charge in [0.25, 0.3) is 0 Å². The van der Waals surface area contributed by atoms with Crippen LogP contribution in [0.4, 0.5) is 4.79 Å². The molecule has 28 heavy (non-hydrogen) atoms. The van der Waals surface area contributed by atoms with Gasteiger partial charge in [-0.25, -0.2) is 14.8 Å². The highest BCUT2D eigenvalue weighted by atomic mass is 32.1. The van der Waals surface area contributed by atoms with E-state index in [4.69, 9.17) is 9.47 Å². The van der Waals surface area contributed by atoms with Crippen LogP contribution in [-0.4, -0.2) is 38.3 Å². The van der Waals surface area contributed by atoms with E-state index in [0.29, 0.717) is 18.9 Å². The third kappa shape index (κ3) is 3.26. The highest BCUT2D eigenvalue weighted by Gasteiger charge is 2.49. The van der Waals surface area contributed by atoms with Gasteiger partial charge in [0.2, 0.25) is 12.7 Å². The van der Waals surface area contributed by atoms with Crippen LogP contribution in [0.15, 0.2) is 36.9 Å². The first kappa shape index (κ1) is 17.0. The third-order valence-corrected chi connectivity index (χ3v) is 5.71. The Morgan fingerprint density at radius 1 is 1.29 bits per heavy atom. The molecule has 1 aromatic carbocycles. The Labute approximate surface area is 164 Å². The van der Waals surface area contributed by atoms with Crippen molar-refractivity contribution < 1.29 is 14.3 Å². The fourth-order valence-electron chi connectivity index (χ4n) is 3.09. The van der Waals surface area contributed by atoms with Crippen LogP contribution in [0.25, 0.3) is 5.95 Å². The van der Waals surface area contributed by atoms with Gasteiger partial charge >= 0.3 is 6.03 Å². The molecule has 0 radical (unpaired) electrons. The SMILES string of the molecule is O=C(NCCc1ccc2c(c1)OCO2)NC1(c2nc(-n3ccnc3)ns2)CC1. The number of urea groups is 1. The van der Waals surface area contributed by atoms with Crippen LogP contribution in [0.2, 0.25) is 0 Å². The number of carbonyl (C=O) groups is 1. The summed E-state index contributed by atoms with van der Waals surface area (Å²) in [7, 11) is 0. The van der Waals surface area contributed by atoms with E-state index in [1.54, 1.807) is 23.3 Å². The maximum Gasteiger partial charge on any atom is 0.315 e. The molecule has 10 heteroatoms. The highest BCUT2D eigenvalue weighted by Crippen LogP contribution is 2.46. The summed E-state index contributed by atoms with van der Waals surface area (Å²) >= 11 is 1.31. The first-order chi connectivity index (χ1) is 13.7. The summed E-state index contributed by atoms with van der Waals surface area (Å²) in [6.45, 7) is 0.785. The Balaban J connectivity index is 1.16. The summed E-state index contributed by atoms with van der Waals surface area (Å²) in [5, 5.41) is 6.80. The lowest BCUT2D eigenvalue weighted by atomic mass is 10.1. The molecule has 2 N–H and O–H groups in total. The van der Waals surface area contributed by atoms with E-state index in [9.17, 15) is 4.79 Å². The molecule has 2 aromatic heterocycles. The van der Waals surface area contributed by atoms with Crippen molar-refractivity contribution in [2.45, 2.75) is 24.8 Å². The van der Waals surface area contributed by atoms with Crippen LogP contribution in [0, 0.1) is 0 Å². The van der Waals surface area contributed by atoms with E-state index >= 15 is 0 Å². The lowest BCUT2D eigenvalue weighted by molar-refractivity contribution is 0.174. The standard InChI is InChI=1S/C18H18N6O3S/c25-17(20-6-3-12-1-2-13-14(9-12)27-11-26-13)22-18(4-5-18)15-21-16(23-28-15)24-8-7-19-10-24/h1-2,7-10H,3-6,11H2,(H2,20,22,25). The number of imidazole rings is 1. The van der Waals surface area contributed by atoms with Crippen LogP contribution >= 0.6 is 11.5 Å². The van der Waals surface area contributed by atoms with Gasteiger partial charge in [-0.1, -0.05) is 6.07 Å². The fourth-order valence-corrected chi connectivity index (χ4v) is 3.94. The molecule has 5 rings (SSSR count). The minimum absolute atomic E-state index is 0.197. The first-order valence-electron chi connectivity index (χ1n) is 8.99. The van der Waals surface area contributed by atoms with E-state index < -0.39 is 5.54 Å². The molecule has 0 spiro atoms. The molecule has 3 heterocycles. The van der Waals surface area contributed by atoms with Gasteiger partial charge in [-0.3, -0.25) is 4.57 Å². The lowest BCUT2D eigenvalue weighted by Gasteiger charge is -2.15. The van der Waals surface area contributed by atoms with Gasteiger partial charge in [0.15, 0.2) is 11.5 Å². The summed E-state index contributed by atoms with van der Waals surface area (Å²) in [6.07, 6.45) is 7.56. The maximum absolute atomic E-state index is 12.4. The Morgan fingerprint density at radius 2 is 2.18 bits per heavy atom. The zero-order valence-corrected chi connectivity index (χ0v) is 15.7. The second-order valence-electron chi connectivity index (χ2n) is 6.77. The number of aromatic nitrogens is 4. The predicted molar refractivity (Wildman–Crippen MR) is 101 cm³/mol. The molecular formula is C18H18N6O3S. The van der Waals surface area contributed by atoms with E-state index in [1.165, 1.54) is 11.5 Å². The Hall–Kier alpha value is -3.14. The maximum atomic E-state index is 12.4. The molecule has 0 saturated heterocycles. The number of nitrogens with zero attached hydrogens (tertiary/aromatic N) is 4. The summed E-state index contributed by atoms with van der Waals surface area (Å²) in [5.41, 5.74) is 0.680. The van der Waals surface area contributed by atoms with Crippen molar-refractivity contribution in [2.24, 2.45) is 0 Å². The molecule has 2 amide bonds. The molecule has 1 aliphatic heterocycles. The van der Waals surface area contributed by atoms with Crippen LogP contribution < -0.4 is 20.1 Å². The third-order valence-electron chi connectivity index (χ3n) is 4.80. The zero-order chi connectivity index (χ0) is 19.0. The van der Waals surface area contributed by atoms with Crippen molar-refractivity contribution in [3.63, 3.8) is 0 Å². The van der Waals surface area contributed by atoms with Crippen molar-refractivity contribution in [2.75, 3.05) is 13.3 Å². The van der Waals surface area contributed by atoms with E-state index in [2.05, 4.69) is 25.0 Å². The normalized spacial score (nSPS) is 16.0. The predicted octanol–water partition coefficient (Wildman–Crippen LogP) is 1.98. The molecule has 2 aliphatic rings. The molecule has 9 nitrogen and oxygen atoms in total. The number of hydrogen-bond donors (Lipinski definition) is 2. The number of benzene rings is 1. The monoisotopic (exact) mass is 398 g/mol. The minimum Gasteiger partial charge on any atom is -0.454 e. The first-order valence-corrected chi connectivity index (χ1v) is 9.76. The molecule has 3 aromatic rings. The number of ether oxygens (including phenoxy) is 2. The number of amides is 2. The van der Waals surface area contributed by atoms with E-state index in [0.717, 1.165) is 34.9 Å². The molecule has 0 atom stereocenters. The minimum atomic E-state index is -0.403. The average Bonchev–Trinajstić information content (AvgIpc) is 3.16. The zero-order valence-electron chi connectivity index (χ0n) is 14.9. The molecule has 1 saturated carbocycles. The van der Waals surface area contributed by atoms with Crippen molar-refractivity contribution in [1.82, 2.24) is 29.5 Å². The quantitative estimate of drug-likeness (QED) is 0.658. The van der Waals surface area contributed by atoms with Gasteiger partial charge in [-0.2, -0.15) is 4.37 Å². The van der Waals surface area contributed by atoms with Crippen LogP contribution in [0.3, 0.4) is 0 Å². The number of carbonyl (C=O) groups excluding carboxylic acids is 1. The molecule has 144 valence electrons. The van der Waals surface area contributed by atoms with Crippen molar-refractivity contribution in [3.05, 3.63) is 47.5 Å². The smallest absolute Gasteiger partial charge is 0.315 e. The number of rotatable bonds is 6. The topological polar surface area (TPSA) is 103 Å². The van der Waals surface area contributed by atoms with Crippen LogP contribution in [-0.2, 0) is 12.0 Å². The van der Waals surface area contributed by atoms with Gasteiger partial charge in [0.1, 0.15) is 11.3 Å². The molecule has 0 bridgehead atoms. The molecular weight excluding hydrogens is 380 g/mol. The molecule has 1 aliphatic carbocycles. The molecule has 0 unspecified atom stereocenters. The summed E-state index contributed by atoms with van der Waals surface area (Å²) in [6, 6.07) is 5.62. The van der Waals surface area contributed by atoms with Gasteiger partial charge in [-0.05, 0) is 48.5 Å². The number of fused-ring (bicyclic) bond motifs is 1. The highest BCUT2D eigenvalue weighted by molar-refractivity contribution is 7.05. The van der Waals surface area contributed by atoms with Crippen molar-refractivity contribution >= 4 is 17.6 Å². The Kier molecular flexibility index (Phi) is 4.12. The van der Waals surface area contributed by atoms with Crippen molar-refractivity contribution in [3.8, 4) is 17.4 Å². The number of hydrogen-bond acceptors (Lipinski definition) is 7. The van der Waals surface area contributed by atoms with Gasteiger partial charge in [0.05, 0.1) is 5.54 Å². The van der Waals surface area contributed by atoms with Crippen molar-refractivity contribution in [1.29, 1.82) is 0 Å². The summed E-state index contributed by atoms with van der Waals surface area (Å²) < 4.78 is 16.8. The van der Waals surface area contributed by atoms with E-state index in [-0.39, 0.29) is 12.8 Å². The van der Waals surface area contributed by atoms with Gasteiger partial charge in [0, 0.05) is 18.9 Å². The largest absolute Gasteiger partial charge is 0.454 e. The van der Waals surface area contributed by atoms with Crippen LogP contribution in [0.5, 0.6) is 11.5 Å². The second kappa shape index (κ2) is 6.79. The molecule has 1 fully saturated rings. The van der Waals surface area contributed by atoms with E-state index in [1.807, 2.05) is 18.2 Å². The van der Waals surface area contributed by atoms with Crippen LogP contribution in [0.1, 0.15) is 23.4 Å². The van der Waals surface area contributed by atoms with Gasteiger partial charge < -0.3 is 20.1 Å². The summed E-state index contributed by atoms with van der Waals surface area (Å²) in [5.74, 6) is 2.09. The Bertz CT molecular complexity index is 999. The Morgan fingerprint density at radius 3 is 3.00 bits per heavy atom. The number of nitrogens with one attached hydrogen (secondary N) is 2. The fraction of sp³-hybridized carbons (Fsp3) is 0.333. The second-order valence-corrected chi connectivity index (χ2v) is 7.52.